The Morgan fingerprint density at radius 2 is 1.70 bits per heavy atom. The van der Waals surface area contributed by atoms with Crippen LogP contribution in [0.25, 0.3) is 0 Å². The molecule has 0 fully saturated rings. The van der Waals surface area contributed by atoms with E-state index in [-0.39, 0.29) is 0 Å². The van der Waals surface area contributed by atoms with E-state index in [2.05, 4.69) is 73.9 Å². The van der Waals surface area contributed by atoms with Gasteiger partial charge in [-0.15, -0.1) is 0 Å². The van der Waals surface area contributed by atoms with Crippen LogP contribution in [-0.2, 0) is 12.8 Å². The average Bonchev–Trinajstić information content (AvgIpc) is 2.49. The van der Waals surface area contributed by atoms with Crippen LogP contribution >= 0.6 is 0 Å². The molecule has 0 saturated carbocycles. The lowest BCUT2D eigenvalue weighted by Gasteiger charge is -2.38. The first-order chi connectivity index (χ1) is 9.79. The first-order valence-electron chi connectivity index (χ1n) is 7.58. The van der Waals surface area contributed by atoms with E-state index in [1.807, 2.05) is 0 Å². The van der Waals surface area contributed by atoms with Crippen molar-refractivity contribution in [2.75, 3.05) is 7.05 Å². The maximum Gasteiger partial charge on any atom is 0.0349 e. The van der Waals surface area contributed by atoms with Crippen molar-refractivity contribution in [3.63, 3.8) is 0 Å². The fourth-order valence-corrected chi connectivity index (χ4v) is 3.64. The molecule has 104 valence electrons. The van der Waals surface area contributed by atoms with Crippen molar-refractivity contribution in [1.82, 2.24) is 5.32 Å². The van der Waals surface area contributed by atoms with Gasteiger partial charge in [0.2, 0.25) is 0 Å². The highest BCUT2D eigenvalue weighted by Crippen LogP contribution is 2.39. The highest BCUT2D eigenvalue weighted by atomic mass is 14.9. The van der Waals surface area contributed by atoms with Crippen LogP contribution < -0.4 is 5.32 Å². The second-order valence-electron chi connectivity index (χ2n) is 5.98. The fraction of sp³-hybridized carbons (Fsp3) is 0.368. The van der Waals surface area contributed by atoms with Gasteiger partial charge in [0.1, 0.15) is 0 Å². The third kappa shape index (κ3) is 2.51. The third-order valence-electron chi connectivity index (χ3n) is 4.79. The molecular formula is C19H23N. The molecule has 1 aliphatic rings. The molecule has 1 nitrogen and oxygen atoms in total. The SMILES string of the molecule is CNC1c2ccccc2CC(Cc2ccccc2)C1C. The molecular weight excluding hydrogens is 242 g/mol. The summed E-state index contributed by atoms with van der Waals surface area (Å²) in [6, 6.07) is 20.3. The molecule has 1 N–H and O–H groups in total. The molecule has 3 rings (SSSR count). The number of fused-ring (bicyclic) bond motifs is 1. The molecule has 3 unspecified atom stereocenters. The van der Waals surface area contributed by atoms with E-state index in [0.29, 0.717) is 17.9 Å². The van der Waals surface area contributed by atoms with E-state index in [1.54, 1.807) is 0 Å². The Bertz CT molecular complexity index is 561. The lowest BCUT2D eigenvalue weighted by atomic mass is 9.71. The second kappa shape index (κ2) is 5.80. The Morgan fingerprint density at radius 3 is 2.45 bits per heavy atom. The lowest BCUT2D eigenvalue weighted by molar-refractivity contribution is 0.254. The second-order valence-corrected chi connectivity index (χ2v) is 5.98. The van der Waals surface area contributed by atoms with Crippen LogP contribution in [0.5, 0.6) is 0 Å². The molecule has 0 saturated heterocycles. The number of rotatable bonds is 3. The van der Waals surface area contributed by atoms with Crippen molar-refractivity contribution in [1.29, 1.82) is 0 Å². The number of nitrogens with one attached hydrogen (secondary N) is 1. The molecule has 0 aromatic heterocycles. The Kier molecular flexibility index (Phi) is 3.88. The number of hydrogen-bond donors (Lipinski definition) is 1. The van der Waals surface area contributed by atoms with Gasteiger partial charge in [-0.05, 0) is 48.4 Å². The molecule has 0 bridgehead atoms. The van der Waals surface area contributed by atoms with Crippen LogP contribution in [0.2, 0.25) is 0 Å². The van der Waals surface area contributed by atoms with Gasteiger partial charge in [0.05, 0.1) is 0 Å². The van der Waals surface area contributed by atoms with Crippen molar-refractivity contribution in [3.8, 4) is 0 Å². The normalized spacial score (nSPS) is 25.2. The van der Waals surface area contributed by atoms with Gasteiger partial charge in [-0.3, -0.25) is 0 Å². The maximum atomic E-state index is 3.53. The largest absolute Gasteiger partial charge is 0.313 e. The lowest BCUT2D eigenvalue weighted by Crippen LogP contribution is -2.35. The zero-order valence-electron chi connectivity index (χ0n) is 12.3. The van der Waals surface area contributed by atoms with Gasteiger partial charge in [0.15, 0.2) is 0 Å². The van der Waals surface area contributed by atoms with E-state index in [1.165, 1.54) is 29.5 Å². The van der Waals surface area contributed by atoms with Crippen LogP contribution in [-0.4, -0.2) is 7.05 Å². The van der Waals surface area contributed by atoms with E-state index in [0.717, 1.165) is 0 Å². The van der Waals surface area contributed by atoms with Crippen LogP contribution in [0.1, 0.15) is 29.7 Å². The zero-order valence-corrected chi connectivity index (χ0v) is 12.3. The summed E-state index contributed by atoms with van der Waals surface area (Å²) in [5.74, 6) is 1.37. The average molecular weight is 265 g/mol. The summed E-state index contributed by atoms with van der Waals surface area (Å²) in [7, 11) is 2.09. The smallest absolute Gasteiger partial charge is 0.0349 e. The summed E-state index contributed by atoms with van der Waals surface area (Å²) < 4.78 is 0. The number of benzene rings is 2. The van der Waals surface area contributed by atoms with Crippen molar-refractivity contribution < 1.29 is 0 Å². The van der Waals surface area contributed by atoms with Gasteiger partial charge >= 0.3 is 0 Å². The summed E-state index contributed by atoms with van der Waals surface area (Å²) in [6.07, 6.45) is 2.37. The van der Waals surface area contributed by atoms with Crippen LogP contribution in [0.3, 0.4) is 0 Å². The van der Waals surface area contributed by atoms with Gasteiger partial charge < -0.3 is 5.32 Å². The van der Waals surface area contributed by atoms with E-state index >= 15 is 0 Å². The Morgan fingerprint density at radius 1 is 1.00 bits per heavy atom. The first-order valence-corrected chi connectivity index (χ1v) is 7.58. The minimum Gasteiger partial charge on any atom is -0.313 e. The van der Waals surface area contributed by atoms with E-state index in [9.17, 15) is 0 Å². The molecule has 0 radical (unpaired) electrons. The van der Waals surface area contributed by atoms with E-state index < -0.39 is 0 Å². The van der Waals surface area contributed by atoms with Gasteiger partial charge in [-0.2, -0.15) is 0 Å². The maximum absolute atomic E-state index is 3.53. The summed E-state index contributed by atoms with van der Waals surface area (Å²) in [5.41, 5.74) is 4.47. The highest BCUT2D eigenvalue weighted by Gasteiger charge is 2.32. The molecule has 0 spiro atoms. The molecule has 0 heterocycles. The third-order valence-corrected chi connectivity index (χ3v) is 4.79. The minimum absolute atomic E-state index is 0.480. The summed E-state index contributed by atoms with van der Waals surface area (Å²) >= 11 is 0. The topological polar surface area (TPSA) is 12.0 Å². The highest BCUT2D eigenvalue weighted by molar-refractivity contribution is 5.34. The first kappa shape index (κ1) is 13.4. The van der Waals surface area contributed by atoms with Crippen LogP contribution in [0.4, 0.5) is 0 Å². The van der Waals surface area contributed by atoms with Gasteiger partial charge in [0, 0.05) is 6.04 Å². The van der Waals surface area contributed by atoms with Gasteiger partial charge in [-0.25, -0.2) is 0 Å². The zero-order chi connectivity index (χ0) is 13.9. The predicted octanol–water partition coefficient (Wildman–Crippen LogP) is 4.00. The Labute approximate surface area is 122 Å². The number of hydrogen-bond acceptors (Lipinski definition) is 1. The Hall–Kier alpha value is -1.60. The monoisotopic (exact) mass is 265 g/mol. The van der Waals surface area contributed by atoms with Crippen LogP contribution in [0, 0.1) is 11.8 Å². The molecule has 20 heavy (non-hydrogen) atoms. The van der Waals surface area contributed by atoms with Crippen LogP contribution in [0.15, 0.2) is 54.6 Å². The minimum atomic E-state index is 0.480. The summed E-state index contributed by atoms with van der Waals surface area (Å²) in [4.78, 5) is 0. The van der Waals surface area contributed by atoms with Gasteiger partial charge in [0.25, 0.3) is 0 Å². The summed E-state index contributed by atoms with van der Waals surface area (Å²) in [5, 5.41) is 3.53. The van der Waals surface area contributed by atoms with Crippen molar-refractivity contribution in [2.24, 2.45) is 11.8 Å². The van der Waals surface area contributed by atoms with Crippen molar-refractivity contribution in [2.45, 2.75) is 25.8 Å². The molecule has 1 aliphatic carbocycles. The van der Waals surface area contributed by atoms with Gasteiger partial charge in [-0.1, -0.05) is 61.5 Å². The molecule has 1 heteroatoms. The molecule has 0 amide bonds. The molecule has 2 aromatic carbocycles. The standard InChI is InChI=1S/C19H23N/c1-14-17(12-15-8-4-3-5-9-15)13-16-10-6-7-11-18(16)19(14)20-2/h3-11,14,17,19-20H,12-13H2,1-2H3. The van der Waals surface area contributed by atoms with Crippen molar-refractivity contribution in [3.05, 3.63) is 71.3 Å². The Balaban J connectivity index is 1.87. The molecule has 2 aromatic rings. The fourth-order valence-electron chi connectivity index (χ4n) is 3.64. The quantitative estimate of drug-likeness (QED) is 0.884. The van der Waals surface area contributed by atoms with E-state index in [4.69, 9.17) is 0 Å². The molecule has 3 atom stereocenters. The summed E-state index contributed by atoms with van der Waals surface area (Å²) in [6.45, 7) is 2.39. The molecule has 0 aliphatic heterocycles. The predicted molar refractivity (Wildman–Crippen MR) is 84.7 cm³/mol. The van der Waals surface area contributed by atoms with Crippen molar-refractivity contribution >= 4 is 0 Å².